The fourth-order valence-corrected chi connectivity index (χ4v) is 7.27. The maximum atomic E-state index is 13.1. The van der Waals surface area contributed by atoms with Gasteiger partial charge in [-0.3, -0.25) is 0 Å². The van der Waals surface area contributed by atoms with Gasteiger partial charge in [0.25, 0.3) is 0 Å². The van der Waals surface area contributed by atoms with Gasteiger partial charge < -0.3 is 18.9 Å². The number of benzene rings is 6. The van der Waals surface area contributed by atoms with Gasteiger partial charge in [-0.2, -0.15) is 0 Å². The highest BCUT2D eigenvalue weighted by atomic mass is 35.5. The van der Waals surface area contributed by atoms with Gasteiger partial charge in [-0.15, -0.1) is 0 Å². The summed E-state index contributed by atoms with van der Waals surface area (Å²) in [6, 6.07) is 26.7. The first-order valence-corrected chi connectivity index (χ1v) is 19.1. The van der Waals surface area contributed by atoms with Crippen molar-refractivity contribution in [1.82, 2.24) is 0 Å². The molecule has 0 spiro atoms. The summed E-state index contributed by atoms with van der Waals surface area (Å²) >= 11 is 13.4. The lowest BCUT2D eigenvalue weighted by Crippen LogP contribution is -2.12. The molecular weight excluding hydrogens is 695 g/mol. The predicted octanol–water partition coefficient (Wildman–Crippen LogP) is 14.2. The first kappa shape index (κ1) is 37.2. The van der Waals surface area contributed by atoms with Crippen LogP contribution in [0.1, 0.15) is 78.1 Å². The van der Waals surface area contributed by atoms with E-state index in [0.717, 1.165) is 108 Å². The van der Waals surface area contributed by atoms with Gasteiger partial charge >= 0.3 is 12.3 Å². The third-order valence-corrected chi connectivity index (χ3v) is 9.90. The summed E-state index contributed by atoms with van der Waals surface area (Å²) in [7, 11) is 0. The maximum absolute atomic E-state index is 13.1. The van der Waals surface area contributed by atoms with Crippen LogP contribution in [0.25, 0.3) is 54.2 Å². The van der Waals surface area contributed by atoms with Crippen LogP contribution in [0.3, 0.4) is 0 Å². The number of ether oxygens (including phenoxy) is 4. The number of carbonyl (C=O) groups excluding carboxylic acids is 2. The van der Waals surface area contributed by atoms with Crippen molar-refractivity contribution in [3.8, 4) is 22.6 Å². The van der Waals surface area contributed by atoms with E-state index in [1.54, 1.807) is 12.1 Å². The number of hydrogen-bond acceptors (Lipinski definition) is 6. The van der Waals surface area contributed by atoms with E-state index in [1.165, 1.54) is 0 Å². The molecule has 8 heteroatoms. The van der Waals surface area contributed by atoms with E-state index in [2.05, 4.69) is 13.8 Å². The number of carbonyl (C=O) groups is 2. The molecule has 0 unspecified atom stereocenters. The lowest BCUT2D eigenvalue weighted by Gasteiger charge is -2.21. The highest BCUT2D eigenvalue weighted by Crippen LogP contribution is 2.50. The number of halogens is 2. The van der Waals surface area contributed by atoms with Gasteiger partial charge in [0.15, 0.2) is 0 Å². The third-order valence-electron chi connectivity index (χ3n) is 9.43. The smallest absolute Gasteiger partial charge is 0.434 e. The van der Waals surface area contributed by atoms with Crippen molar-refractivity contribution in [3.63, 3.8) is 0 Å². The van der Waals surface area contributed by atoms with E-state index in [1.807, 2.05) is 72.8 Å². The zero-order valence-electron chi connectivity index (χ0n) is 29.8. The van der Waals surface area contributed by atoms with Crippen molar-refractivity contribution in [1.29, 1.82) is 0 Å². The van der Waals surface area contributed by atoms with Crippen LogP contribution in [-0.4, -0.2) is 25.5 Å². The second kappa shape index (κ2) is 17.8. The SMILES string of the molecule is CCCCCCCOC(=O)Oc1c2ccccc2c(-c2c3ccccc3c(OC(=O)OCCCCCCC)c3ccc(Cl)cc23)c2cc(Cl)ccc12. The zero-order valence-corrected chi connectivity index (χ0v) is 31.3. The van der Waals surface area contributed by atoms with E-state index < -0.39 is 12.3 Å². The Morgan fingerprint density at radius 2 is 0.827 bits per heavy atom. The molecule has 6 nitrogen and oxygen atoms in total. The Kier molecular flexibility index (Phi) is 12.8. The Morgan fingerprint density at radius 1 is 0.462 bits per heavy atom. The molecule has 0 aromatic heterocycles. The van der Waals surface area contributed by atoms with Gasteiger partial charge in [0.05, 0.1) is 13.2 Å². The molecule has 6 aromatic rings. The largest absolute Gasteiger partial charge is 0.513 e. The Bertz CT molecular complexity index is 2050. The lowest BCUT2D eigenvalue weighted by molar-refractivity contribution is 0.0972. The summed E-state index contributed by atoms with van der Waals surface area (Å²) in [5.41, 5.74) is 1.74. The topological polar surface area (TPSA) is 71.1 Å². The molecule has 0 bridgehead atoms. The summed E-state index contributed by atoms with van der Waals surface area (Å²) in [4.78, 5) is 26.2. The molecule has 6 aromatic carbocycles. The minimum atomic E-state index is -0.748. The van der Waals surface area contributed by atoms with Gasteiger partial charge in [-0.25, -0.2) is 9.59 Å². The first-order valence-electron chi connectivity index (χ1n) is 18.4. The number of fused-ring (bicyclic) bond motifs is 4. The Hall–Kier alpha value is -4.52. The predicted molar refractivity (Wildman–Crippen MR) is 213 cm³/mol. The second-order valence-electron chi connectivity index (χ2n) is 13.1. The normalized spacial score (nSPS) is 11.4. The number of unbranched alkanes of at least 4 members (excludes halogenated alkanes) is 8. The average Bonchev–Trinajstić information content (AvgIpc) is 3.15. The molecule has 0 saturated heterocycles. The number of rotatable bonds is 15. The Morgan fingerprint density at radius 3 is 1.23 bits per heavy atom. The van der Waals surface area contributed by atoms with Crippen molar-refractivity contribution in [2.45, 2.75) is 78.1 Å². The minimum absolute atomic E-state index is 0.294. The van der Waals surface area contributed by atoms with Crippen LogP contribution in [0.15, 0.2) is 84.9 Å². The van der Waals surface area contributed by atoms with E-state index in [0.29, 0.717) is 45.5 Å². The molecular formula is C44H44Cl2O6. The summed E-state index contributed by atoms with van der Waals surface area (Å²) in [5, 5.41) is 7.11. The van der Waals surface area contributed by atoms with Crippen molar-refractivity contribution in [2.75, 3.05) is 13.2 Å². The fraction of sp³-hybridized carbons (Fsp3) is 0.318. The van der Waals surface area contributed by atoms with Gasteiger partial charge in [0.1, 0.15) is 11.5 Å². The van der Waals surface area contributed by atoms with Crippen LogP contribution in [-0.2, 0) is 9.47 Å². The van der Waals surface area contributed by atoms with Gasteiger partial charge in [-0.05, 0) is 81.9 Å². The molecule has 0 aliphatic heterocycles. The van der Waals surface area contributed by atoms with Gasteiger partial charge in [0, 0.05) is 31.6 Å². The van der Waals surface area contributed by atoms with E-state index in [-0.39, 0.29) is 0 Å². The van der Waals surface area contributed by atoms with Crippen molar-refractivity contribution in [2.24, 2.45) is 0 Å². The molecule has 52 heavy (non-hydrogen) atoms. The summed E-state index contributed by atoms with van der Waals surface area (Å²) in [6.45, 7) is 4.92. The second-order valence-corrected chi connectivity index (χ2v) is 14.0. The quantitative estimate of drug-likeness (QED) is 0.0452. The van der Waals surface area contributed by atoms with Crippen LogP contribution in [0, 0.1) is 0 Å². The molecule has 0 amide bonds. The zero-order chi connectivity index (χ0) is 36.5. The molecule has 0 heterocycles. The molecule has 6 rings (SSSR count). The third kappa shape index (κ3) is 8.40. The minimum Gasteiger partial charge on any atom is -0.434 e. The molecule has 0 saturated carbocycles. The molecule has 270 valence electrons. The van der Waals surface area contributed by atoms with Crippen LogP contribution < -0.4 is 9.47 Å². The van der Waals surface area contributed by atoms with Crippen LogP contribution in [0.4, 0.5) is 9.59 Å². The Labute approximate surface area is 314 Å². The van der Waals surface area contributed by atoms with E-state index in [4.69, 9.17) is 42.1 Å². The van der Waals surface area contributed by atoms with Crippen molar-refractivity contribution in [3.05, 3.63) is 95.0 Å². The monoisotopic (exact) mass is 738 g/mol. The Balaban J connectivity index is 1.48. The molecule has 0 atom stereocenters. The van der Waals surface area contributed by atoms with Crippen LogP contribution >= 0.6 is 23.2 Å². The average molecular weight is 740 g/mol. The van der Waals surface area contributed by atoms with Crippen molar-refractivity contribution < 1.29 is 28.5 Å². The van der Waals surface area contributed by atoms with Crippen molar-refractivity contribution >= 4 is 78.6 Å². The van der Waals surface area contributed by atoms with Gasteiger partial charge in [-0.1, -0.05) is 137 Å². The number of hydrogen-bond donors (Lipinski definition) is 0. The summed E-state index contributed by atoms with van der Waals surface area (Å²) < 4.78 is 23.1. The van der Waals surface area contributed by atoms with Crippen LogP contribution in [0.5, 0.6) is 11.5 Å². The molecule has 0 N–H and O–H groups in total. The standard InChI is InChI=1S/C44H44Cl2O6/c1-3-5-7-9-15-25-49-43(47)51-41-33-19-13-11-17-31(33)39(37-27-29(45)21-23-35(37)41)40-32-18-12-14-20-34(32)42(36-24-22-30(46)28-38(36)40)52-44(48)50-26-16-10-8-6-4-2/h11-14,17-24,27-28H,3-10,15-16,25-26H2,1-2H3. The van der Waals surface area contributed by atoms with Crippen LogP contribution in [0.2, 0.25) is 10.0 Å². The summed E-state index contributed by atoms with van der Waals surface area (Å²) in [6.07, 6.45) is 8.89. The van der Waals surface area contributed by atoms with Gasteiger partial charge in [0.2, 0.25) is 0 Å². The summed E-state index contributed by atoms with van der Waals surface area (Å²) in [5.74, 6) is 0.789. The fourth-order valence-electron chi connectivity index (χ4n) is 6.93. The lowest BCUT2D eigenvalue weighted by atomic mass is 9.85. The molecule has 0 aliphatic carbocycles. The molecule has 0 radical (unpaired) electrons. The highest BCUT2D eigenvalue weighted by Gasteiger charge is 2.25. The molecule has 0 fully saturated rings. The highest BCUT2D eigenvalue weighted by molar-refractivity contribution is 6.34. The van der Waals surface area contributed by atoms with E-state index >= 15 is 0 Å². The van der Waals surface area contributed by atoms with E-state index in [9.17, 15) is 9.59 Å². The maximum Gasteiger partial charge on any atom is 0.513 e. The molecule has 0 aliphatic rings. The first-order chi connectivity index (χ1) is 25.4.